The van der Waals surface area contributed by atoms with Crippen LogP contribution in [0.1, 0.15) is 44.1 Å². The van der Waals surface area contributed by atoms with E-state index in [4.69, 9.17) is 0 Å². The van der Waals surface area contributed by atoms with Crippen molar-refractivity contribution in [2.45, 2.75) is 44.6 Å². The van der Waals surface area contributed by atoms with E-state index >= 15 is 0 Å². The van der Waals surface area contributed by atoms with E-state index in [2.05, 4.69) is 5.32 Å². The van der Waals surface area contributed by atoms with Crippen LogP contribution in [0.2, 0.25) is 0 Å². The Labute approximate surface area is 112 Å². The van der Waals surface area contributed by atoms with E-state index in [-0.39, 0.29) is 22.6 Å². The van der Waals surface area contributed by atoms with Gasteiger partial charge in [0.25, 0.3) is 5.69 Å². The third-order valence-corrected chi connectivity index (χ3v) is 3.71. The molecule has 1 saturated carbocycles. The van der Waals surface area contributed by atoms with Gasteiger partial charge in [-0.3, -0.25) is 14.9 Å². The summed E-state index contributed by atoms with van der Waals surface area (Å²) in [6.45, 7) is 1.54. The van der Waals surface area contributed by atoms with Crippen LogP contribution in [0.5, 0.6) is 0 Å². The first-order valence-corrected chi connectivity index (χ1v) is 6.57. The molecule has 19 heavy (non-hydrogen) atoms. The molecular formula is C14H18N2O3. The molecular weight excluding hydrogens is 244 g/mol. The number of benzene rings is 1. The zero-order valence-corrected chi connectivity index (χ0v) is 11.0. The van der Waals surface area contributed by atoms with E-state index in [1.165, 1.54) is 0 Å². The number of carbonyl (C=O) groups excluding carboxylic acids is 1. The first-order valence-electron chi connectivity index (χ1n) is 6.57. The molecule has 1 aromatic carbocycles. The van der Waals surface area contributed by atoms with Gasteiger partial charge in [-0.2, -0.15) is 0 Å². The molecule has 1 aliphatic rings. The Hall–Kier alpha value is -1.91. The topological polar surface area (TPSA) is 72.2 Å². The Kier molecular flexibility index (Phi) is 4.14. The molecule has 1 fully saturated rings. The summed E-state index contributed by atoms with van der Waals surface area (Å²) in [6, 6.07) is 7.11. The Balaban J connectivity index is 1.94. The van der Waals surface area contributed by atoms with Crippen LogP contribution in [0, 0.1) is 10.1 Å². The molecule has 2 rings (SSSR count). The Morgan fingerprint density at radius 3 is 2.26 bits per heavy atom. The molecule has 0 saturated heterocycles. The van der Waals surface area contributed by atoms with Crippen molar-refractivity contribution in [2.24, 2.45) is 0 Å². The third-order valence-electron chi connectivity index (χ3n) is 3.71. The molecule has 5 nitrogen and oxygen atoms in total. The molecule has 1 aromatic rings. The normalized spacial score (nSPS) is 22.8. The molecule has 1 amide bonds. The number of nitrogens with one attached hydrogen (secondary N) is 1. The molecule has 0 aromatic heterocycles. The van der Waals surface area contributed by atoms with Crippen LogP contribution in [0.25, 0.3) is 0 Å². The maximum atomic E-state index is 11.0. The van der Waals surface area contributed by atoms with Crippen molar-refractivity contribution >= 4 is 11.6 Å². The number of nitrogens with zero attached hydrogens (tertiary/aromatic N) is 1. The van der Waals surface area contributed by atoms with Gasteiger partial charge in [0.15, 0.2) is 0 Å². The number of carbonyl (C=O) groups is 1. The Morgan fingerprint density at radius 2 is 1.79 bits per heavy atom. The number of non-ortho nitro benzene ring substituents is 1. The second-order valence-corrected chi connectivity index (χ2v) is 5.10. The third kappa shape index (κ3) is 3.53. The van der Waals surface area contributed by atoms with Crippen LogP contribution in [0.3, 0.4) is 0 Å². The van der Waals surface area contributed by atoms with E-state index in [0.717, 1.165) is 31.2 Å². The molecule has 0 aliphatic heterocycles. The summed E-state index contributed by atoms with van der Waals surface area (Å²) < 4.78 is 0. The predicted octanol–water partition coefficient (Wildman–Crippen LogP) is 2.76. The molecule has 0 radical (unpaired) electrons. The summed E-state index contributed by atoms with van der Waals surface area (Å²) in [6.07, 6.45) is 3.98. The van der Waals surface area contributed by atoms with Crippen LogP contribution in [0.4, 0.5) is 5.69 Å². The molecule has 0 bridgehead atoms. The Morgan fingerprint density at radius 1 is 1.21 bits per heavy atom. The lowest BCUT2D eigenvalue weighted by Crippen LogP contribution is -2.35. The highest BCUT2D eigenvalue weighted by molar-refractivity contribution is 5.73. The minimum Gasteiger partial charge on any atom is -0.354 e. The van der Waals surface area contributed by atoms with Gasteiger partial charge in [-0.15, -0.1) is 0 Å². The van der Waals surface area contributed by atoms with Gasteiger partial charge in [-0.25, -0.2) is 0 Å². The summed E-state index contributed by atoms with van der Waals surface area (Å²) in [5.74, 6) is 0.476. The fourth-order valence-corrected chi connectivity index (χ4v) is 2.73. The lowest BCUT2D eigenvalue weighted by atomic mass is 9.81. The van der Waals surface area contributed by atoms with Gasteiger partial charge in [0, 0.05) is 25.1 Å². The monoisotopic (exact) mass is 262 g/mol. The molecule has 102 valence electrons. The minimum atomic E-state index is -0.378. The van der Waals surface area contributed by atoms with Crippen molar-refractivity contribution in [3.8, 4) is 0 Å². The summed E-state index contributed by atoms with van der Waals surface area (Å²) in [5, 5.41) is 13.5. The molecule has 1 N–H and O–H groups in total. The zero-order chi connectivity index (χ0) is 13.8. The molecule has 0 spiro atoms. The van der Waals surface area contributed by atoms with Gasteiger partial charge in [0.2, 0.25) is 5.91 Å². The number of nitro benzene ring substituents is 1. The van der Waals surface area contributed by atoms with E-state index in [0.29, 0.717) is 5.92 Å². The predicted molar refractivity (Wildman–Crippen MR) is 71.9 cm³/mol. The van der Waals surface area contributed by atoms with Crippen LogP contribution in [-0.4, -0.2) is 16.9 Å². The lowest BCUT2D eigenvalue weighted by molar-refractivity contribution is -0.384. The molecule has 0 unspecified atom stereocenters. The summed E-state index contributed by atoms with van der Waals surface area (Å²) in [4.78, 5) is 21.2. The minimum absolute atomic E-state index is 0.0267. The highest BCUT2D eigenvalue weighted by atomic mass is 16.6. The lowest BCUT2D eigenvalue weighted by Gasteiger charge is -2.29. The van der Waals surface area contributed by atoms with Crippen molar-refractivity contribution in [3.05, 3.63) is 39.9 Å². The average molecular weight is 262 g/mol. The van der Waals surface area contributed by atoms with Gasteiger partial charge < -0.3 is 5.32 Å². The first kappa shape index (κ1) is 13.5. The second-order valence-electron chi connectivity index (χ2n) is 5.10. The fraction of sp³-hybridized carbons (Fsp3) is 0.500. The molecule has 0 heterocycles. The highest BCUT2D eigenvalue weighted by Gasteiger charge is 2.23. The number of nitro groups is 1. The smallest absolute Gasteiger partial charge is 0.269 e. The maximum absolute atomic E-state index is 11.0. The quantitative estimate of drug-likeness (QED) is 0.672. The van der Waals surface area contributed by atoms with E-state index in [1.807, 2.05) is 12.1 Å². The van der Waals surface area contributed by atoms with E-state index in [1.54, 1.807) is 19.1 Å². The van der Waals surface area contributed by atoms with Crippen LogP contribution >= 0.6 is 0 Å². The van der Waals surface area contributed by atoms with Crippen molar-refractivity contribution < 1.29 is 9.72 Å². The van der Waals surface area contributed by atoms with Gasteiger partial charge >= 0.3 is 0 Å². The summed E-state index contributed by atoms with van der Waals surface area (Å²) >= 11 is 0. The summed E-state index contributed by atoms with van der Waals surface area (Å²) in [5.41, 5.74) is 1.29. The van der Waals surface area contributed by atoms with Crippen molar-refractivity contribution in [3.63, 3.8) is 0 Å². The highest BCUT2D eigenvalue weighted by Crippen LogP contribution is 2.33. The number of rotatable bonds is 3. The first-order chi connectivity index (χ1) is 9.06. The maximum Gasteiger partial charge on any atom is 0.269 e. The number of amides is 1. The van der Waals surface area contributed by atoms with E-state index in [9.17, 15) is 14.9 Å². The molecule has 1 aliphatic carbocycles. The largest absolute Gasteiger partial charge is 0.354 e. The van der Waals surface area contributed by atoms with Gasteiger partial charge in [0.1, 0.15) is 0 Å². The van der Waals surface area contributed by atoms with Crippen LogP contribution in [0.15, 0.2) is 24.3 Å². The second kappa shape index (κ2) is 5.82. The number of hydrogen-bond acceptors (Lipinski definition) is 3. The zero-order valence-electron chi connectivity index (χ0n) is 11.0. The van der Waals surface area contributed by atoms with Gasteiger partial charge in [0.05, 0.1) is 4.92 Å². The standard InChI is InChI=1S/C14H18N2O3/c1-10(17)15-13-6-2-11(3-7-13)12-4-8-14(9-5-12)16(18)19/h4-5,8-9,11,13H,2-3,6-7H2,1H3,(H,15,17). The fourth-order valence-electron chi connectivity index (χ4n) is 2.73. The van der Waals surface area contributed by atoms with Crippen LogP contribution in [-0.2, 0) is 4.79 Å². The van der Waals surface area contributed by atoms with Crippen molar-refractivity contribution in [1.82, 2.24) is 5.32 Å². The van der Waals surface area contributed by atoms with Gasteiger partial charge in [-0.05, 0) is 37.2 Å². The van der Waals surface area contributed by atoms with Crippen LogP contribution < -0.4 is 5.32 Å². The number of hydrogen-bond donors (Lipinski definition) is 1. The SMILES string of the molecule is CC(=O)NC1CCC(c2ccc([N+](=O)[O-])cc2)CC1. The molecule has 0 atom stereocenters. The average Bonchev–Trinajstić information content (AvgIpc) is 2.39. The van der Waals surface area contributed by atoms with Gasteiger partial charge in [-0.1, -0.05) is 12.1 Å². The van der Waals surface area contributed by atoms with Crippen molar-refractivity contribution in [2.75, 3.05) is 0 Å². The van der Waals surface area contributed by atoms with E-state index < -0.39 is 0 Å². The Bertz CT molecular complexity index is 462. The van der Waals surface area contributed by atoms with Crippen molar-refractivity contribution in [1.29, 1.82) is 0 Å². The molecule has 5 heteroatoms. The summed E-state index contributed by atoms with van der Waals surface area (Å²) in [7, 11) is 0.